The molecule has 1 N–H and O–H groups in total. The molecular formula is C15H14N2OS. The van der Waals surface area contributed by atoms with Gasteiger partial charge in [-0.15, -0.1) is 0 Å². The standard InChI is InChI=1S/C15H14N2OS/c1-10-6-4-5-7-13(10)8-9-14-11(2)16-15(19-14)17-12(3)18/h4-7H,1-3H3,(H,16,17,18). The highest BCUT2D eigenvalue weighted by molar-refractivity contribution is 7.16. The Morgan fingerprint density at radius 3 is 2.68 bits per heavy atom. The summed E-state index contributed by atoms with van der Waals surface area (Å²) in [7, 11) is 0. The van der Waals surface area contributed by atoms with Crippen LogP contribution in [0.3, 0.4) is 0 Å². The van der Waals surface area contributed by atoms with Gasteiger partial charge in [0.05, 0.1) is 5.69 Å². The molecule has 0 fully saturated rings. The fourth-order valence-corrected chi connectivity index (χ4v) is 2.42. The van der Waals surface area contributed by atoms with Crippen LogP contribution in [-0.2, 0) is 4.79 Å². The first-order valence-corrected chi connectivity index (χ1v) is 6.70. The average molecular weight is 270 g/mol. The number of rotatable bonds is 1. The van der Waals surface area contributed by atoms with Gasteiger partial charge in [0.2, 0.25) is 5.91 Å². The van der Waals surface area contributed by atoms with Crippen LogP contribution in [0.15, 0.2) is 24.3 Å². The molecule has 0 bridgehead atoms. The summed E-state index contributed by atoms with van der Waals surface area (Å²) in [6.45, 7) is 5.39. The van der Waals surface area contributed by atoms with Gasteiger partial charge in [-0.05, 0) is 31.4 Å². The van der Waals surface area contributed by atoms with Crippen molar-refractivity contribution in [1.82, 2.24) is 4.98 Å². The Kier molecular flexibility index (Phi) is 3.98. The smallest absolute Gasteiger partial charge is 0.223 e. The molecule has 96 valence electrons. The zero-order valence-corrected chi connectivity index (χ0v) is 11.9. The number of nitrogens with zero attached hydrogens (tertiary/aromatic N) is 1. The van der Waals surface area contributed by atoms with Gasteiger partial charge in [-0.3, -0.25) is 4.79 Å². The zero-order chi connectivity index (χ0) is 13.8. The molecule has 0 aliphatic heterocycles. The van der Waals surface area contributed by atoms with E-state index in [1.54, 1.807) is 0 Å². The number of thiazole rings is 1. The molecule has 0 radical (unpaired) electrons. The molecule has 0 spiro atoms. The third-order valence-corrected chi connectivity index (χ3v) is 3.52. The lowest BCUT2D eigenvalue weighted by Crippen LogP contribution is -2.04. The summed E-state index contributed by atoms with van der Waals surface area (Å²) in [6.07, 6.45) is 0. The summed E-state index contributed by atoms with van der Waals surface area (Å²) in [5, 5.41) is 3.27. The Hall–Kier alpha value is -2.12. The van der Waals surface area contributed by atoms with E-state index in [1.807, 2.05) is 38.1 Å². The maximum absolute atomic E-state index is 11.0. The van der Waals surface area contributed by atoms with Crippen molar-refractivity contribution < 1.29 is 4.79 Å². The number of hydrogen-bond acceptors (Lipinski definition) is 3. The number of aryl methyl sites for hydroxylation is 2. The van der Waals surface area contributed by atoms with Crippen LogP contribution < -0.4 is 5.32 Å². The quantitative estimate of drug-likeness (QED) is 0.809. The van der Waals surface area contributed by atoms with Crippen LogP contribution in [0.25, 0.3) is 0 Å². The summed E-state index contributed by atoms with van der Waals surface area (Å²) in [5.41, 5.74) is 3.01. The van der Waals surface area contributed by atoms with Crippen LogP contribution >= 0.6 is 11.3 Å². The third kappa shape index (κ3) is 3.43. The van der Waals surface area contributed by atoms with Gasteiger partial charge in [-0.2, -0.15) is 0 Å². The highest BCUT2D eigenvalue weighted by atomic mass is 32.1. The topological polar surface area (TPSA) is 42.0 Å². The summed E-state index contributed by atoms with van der Waals surface area (Å²) in [5.74, 6) is 6.14. The number of aromatic nitrogens is 1. The average Bonchev–Trinajstić information content (AvgIpc) is 2.67. The summed E-state index contributed by atoms with van der Waals surface area (Å²) in [4.78, 5) is 16.1. The molecule has 0 unspecified atom stereocenters. The van der Waals surface area contributed by atoms with Crippen molar-refractivity contribution in [3.63, 3.8) is 0 Å². The van der Waals surface area contributed by atoms with Crippen LogP contribution in [0.1, 0.15) is 28.6 Å². The molecule has 1 amide bonds. The Morgan fingerprint density at radius 1 is 1.26 bits per heavy atom. The monoisotopic (exact) mass is 270 g/mol. The molecule has 1 heterocycles. The molecule has 0 saturated heterocycles. The fraction of sp³-hybridized carbons (Fsp3) is 0.200. The summed E-state index contributed by atoms with van der Waals surface area (Å²) < 4.78 is 0. The van der Waals surface area contributed by atoms with Crippen molar-refractivity contribution in [2.24, 2.45) is 0 Å². The van der Waals surface area contributed by atoms with Crippen LogP contribution in [0.5, 0.6) is 0 Å². The van der Waals surface area contributed by atoms with E-state index in [0.29, 0.717) is 5.13 Å². The first-order valence-electron chi connectivity index (χ1n) is 5.89. The van der Waals surface area contributed by atoms with Crippen LogP contribution in [0, 0.1) is 25.7 Å². The van der Waals surface area contributed by atoms with Crippen molar-refractivity contribution in [3.05, 3.63) is 46.0 Å². The normalized spacial score (nSPS) is 9.63. The number of amides is 1. The zero-order valence-electron chi connectivity index (χ0n) is 11.1. The number of benzene rings is 1. The fourth-order valence-electron chi connectivity index (χ4n) is 1.55. The summed E-state index contributed by atoms with van der Waals surface area (Å²) >= 11 is 1.40. The lowest BCUT2D eigenvalue weighted by atomic mass is 10.1. The lowest BCUT2D eigenvalue weighted by Gasteiger charge is -1.94. The van der Waals surface area contributed by atoms with Gasteiger partial charge in [0.1, 0.15) is 4.88 Å². The third-order valence-electron chi connectivity index (χ3n) is 2.54. The molecule has 19 heavy (non-hydrogen) atoms. The molecule has 1 aromatic heterocycles. The van der Waals surface area contributed by atoms with E-state index in [1.165, 1.54) is 18.3 Å². The molecule has 4 heteroatoms. The van der Waals surface area contributed by atoms with Crippen LogP contribution in [-0.4, -0.2) is 10.9 Å². The van der Waals surface area contributed by atoms with Crippen molar-refractivity contribution in [2.45, 2.75) is 20.8 Å². The molecule has 0 atom stereocenters. The molecule has 1 aromatic carbocycles. The Balaban J connectivity index is 2.27. The molecule has 0 aliphatic rings. The Bertz CT molecular complexity index is 677. The van der Waals surface area contributed by atoms with Crippen molar-refractivity contribution in [1.29, 1.82) is 0 Å². The second-order valence-electron chi connectivity index (χ2n) is 4.18. The van der Waals surface area contributed by atoms with E-state index < -0.39 is 0 Å². The van der Waals surface area contributed by atoms with E-state index in [4.69, 9.17) is 0 Å². The van der Waals surface area contributed by atoms with Gasteiger partial charge < -0.3 is 5.32 Å². The molecule has 2 rings (SSSR count). The minimum absolute atomic E-state index is 0.118. The van der Waals surface area contributed by atoms with Crippen LogP contribution in [0.2, 0.25) is 0 Å². The van der Waals surface area contributed by atoms with Gasteiger partial charge in [0.25, 0.3) is 0 Å². The predicted molar refractivity (Wildman–Crippen MR) is 78.3 cm³/mol. The SMILES string of the molecule is CC(=O)Nc1nc(C)c(C#Cc2ccccc2C)s1. The van der Waals surface area contributed by atoms with Gasteiger partial charge in [0.15, 0.2) is 5.13 Å². The van der Waals surface area contributed by atoms with Crippen molar-refractivity contribution >= 4 is 22.4 Å². The minimum Gasteiger partial charge on any atom is -0.302 e. The molecule has 2 aromatic rings. The van der Waals surface area contributed by atoms with Crippen molar-refractivity contribution in [3.8, 4) is 11.8 Å². The minimum atomic E-state index is -0.118. The molecular weight excluding hydrogens is 256 g/mol. The van der Waals surface area contributed by atoms with E-state index in [2.05, 4.69) is 22.1 Å². The van der Waals surface area contributed by atoms with Gasteiger partial charge in [-0.25, -0.2) is 4.98 Å². The van der Waals surface area contributed by atoms with Crippen molar-refractivity contribution in [2.75, 3.05) is 5.32 Å². The number of hydrogen-bond donors (Lipinski definition) is 1. The number of anilines is 1. The second kappa shape index (κ2) is 5.68. The maximum Gasteiger partial charge on any atom is 0.223 e. The van der Waals surface area contributed by atoms with Gasteiger partial charge in [0, 0.05) is 12.5 Å². The largest absolute Gasteiger partial charge is 0.302 e. The van der Waals surface area contributed by atoms with Gasteiger partial charge >= 0.3 is 0 Å². The highest BCUT2D eigenvalue weighted by Crippen LogP contribution is 2.21. The molecule has 0 saturated carbocycles. The number of carbonyl (C=O) groups is 1. The Labute approximate surface area is 116 Å². The van der Waals surface area contributed by atoms with Gasteiger partial charge in [-0.1, -0.05) is 35.5 Å². The first kappa shape index (κ1) is 13.3. The lowest BCUT2D eigenvalue weighted by molar-refractivity contribution is -0.114. The summed E-state index contributed by atoms with van der Waals surface area (Å²) in [6, 6.07) is 7.99. The van der Waals surface area contributed by atoms with E-state index >= 15 is 0 Å². The van der Waals surface area contributed by atoms with Crippen LogP contribution in [0.4, 0.5) is 5.13 Å². The first-order chi connectivity index (χ1) is 9.06. The van der Waals surface area contributed by atoms with E-state index in [-0.39, 0.29) is 5.91 Å². The van der Waals surface area contributed by atoms with E-state index in [9.17, 15) is 4.79 Å². The van der Waals surface area contributed by atoms with E-state index in [0.717, 1.165) is 21.7 Å². The molecule has 0 aliphatic carbocycles. The predicted octanol–water partition coefficient (Wildman–Crippen LogP) is 3.12. The number of nitrogens with one attached hydrogen (secondary N) is 1. The number of carbonyl (C=O) groups excluding carboxylic acids is 1. The highest BCUT2D eigenvalue weighted by Gasteiger charge is 2.06. The maximum atomic E-state index is 11.0. The second-order valence-corrected chi connectivity index (χ2v) is 5.18. The molecule has 3 nitrogen and oxygen atoms in total. The Morgan fingerprint density at radius 2 is 2.00 bits per heavy atom.